The number of carbonyl (C=O) groups is 2. The van der Waals surface area contributed by atoms with Crippen LogP contribution in [0.25, 0.3) is 0 Å². The first kappa shape index (κ1) is 26.0. The minimum Gasteiger partial charge on any atom is -0.465 e. The Labute approximate surface area is 195 Å². The lowest BCUT2D eigenvalue weighted by molar-refractivity contribution is -0.143. The lowest BCUT2D eigenvalue weighted by Gasteiger charge is -2.42. The fourth-order valence-electron chi connectivity index (χ4n) is 4.19. The molecule has 0 radical (unpaired) electrons. The molecule has 0 fully saturated rings. The zero-order valence-electron chi connectivity index (χ0n) is 18.8. The number of rotatable bonds is 3. The van der Waals surface area contributed by atoms with E-state index in [-0.39, 0.29) is 16.6 Å². The summed E-state index contributed by atoms with van der Waals surface area (Å²) in [6.45, 7) is 7.54. The van der Waals surface area contributed by atoms with Crippen molar-refractivity contribution in [2.45, 2.75) is 57.5 Å². The first-order valence-electron chi connectivity index (χ1n) is 10.0. The van der Waals surface area contributed by atoms with Gasteiger partial charge in [0, 0.05) is 21.5 Å². The van der Waals surface area contributed by atoms with Crippen LogP contribution in [0.5, 0.6) is 0 Å². The number of alkyl halides is 6. The predicted molar refractivity (Wildman–Crippen MR) is 114 cm³/mol. The summed E-state index contributed by atoms with van der Waals surface area (Å²) in [6, 6.07) is 0.617. The van der Waals surface area contributed by atoms with Crippen molar-refractivity contribution in [1.29, 1.82) is 0 Å². The van der Waals surface area contributed by atoms with Gasteiger partial charge in [-0.25, -0.2) is 4.79 Å². The van der Waals surface area contributed by atoms with Gasteiger partial charge in [-0.05, 0) is 57.9 Å². The van der Waals surface area contributed by atoms with Gasteiger partial charge in [0.05, 0.1) is 23.8 Å². The van der Waals surface area contributed by atoms with E-state index in [9.17, 15) is 35.9 Å². The van der Waals surface area contributed by atoms with Crippen LogP contribution in [-0.4, -0.2) is 24.5 Å². The number of amides is 1. The maximum Gasteiger partial charge on any atom is 0.416 e. The van der Waals surface area contributed by atoms with E-state index >= 15 is 0 Å². The number of hydrogen-bond donors (Lipinski definition) is 2. The fourth-order valence-corrected chi connectivity index (χ4v) is 5.45. The topological polar surface area (TPSA) is 67.4 Å². The number of hydrogen-bond acceptors (Lipinski definition) is 5. The third-order valence-electron chi connectivity index (χ3n) is 5.31. The van der Waals surface area contributed by atoms with E-state index in [0.717, 1.165) is 18.4 Å². The fraction of sp³-hybridized carbons (Fsp3) is 0.455. The minimum absolute atomic E-state index is 0.0135. The largest absolute Gasteiger partial charge is 0.465 e. The van der Waals surface area contributed by atoms with E-state index in [1.807, 2.05) is 27.7 Å². The molecule has 34 heavy (non-hydrogen) atoms. The van der Waals surface area contributed by atoms with Gasteiger partial charge in [-0.3, -0.25) is 4.79 Å². The predicted octanol–water partition coefficient (Wildman–Crippen LogP) is 5.98. The monoisotopic (exact) mass is 508 g/mol. The number of methoxy groups -OCH3 is 1. The zero-order chi connectivity index (χ0) is 25.9. The summed E-state index contributed by atoms with van der Waals surface area (Å²) in [5.74, 6) is -1.99. The SMILES string of the molecule is COC(=O)c1c(NC(=O)c2cc(C(F)(F)F)cc(C(F)(F)F)c2)sc2c1CC(C)(C)NC2(C)C. The quantitative estimate of drug-likeness (QED) is 0.395. The lowest BCUT2D eigenvalue weighted by atomic mass is 9.81. The number of benzene rings is 1. The summed E-state index contributed by atoms with van der Waals surface area (Å²) < 4.78 is 84.0. The molecular formula is C22H22F6N2O3S. The maximum absolute atomic E-state index is 13.2. The molecule has 2 heterocycles. The molecule has 5 nitrogen and oxygen atoms in total. The van der Waals surface area contributed by atoms with Gasteiger partial charge in [-0.2, -0.15) is 26.3 Å². The molecule has 1 aliphatic heterocycles. The summed E-state index contributed by atoms with van der Waals surface area (Å²) >= 11 is 1.02. The minimum atomic E-state index is -5.10. The number of ether oxygens (including phenoxy) is 1. The van der Waals surface area contributed by atoms with Crippen molar-refractivity contribution in [3.8, 4) is 0 Å². The standard InChI is InChI=1S/C22H22F6N2O3S/c1-19(2)9-13-14(18(32)33-5)17(34-15(13)20(3,4)30-19)29-16(31)10-6-11(21(23,24)25)8-12(7-10)22(26,27)28/h6-8,30H,9H2,1-5H3,(H,29,31). The third-order valence-corrected chi connectivity index (χ3v) is 6.78. The Morgan fingerprint density at radius 1 is 1.00 bits per heavy atom. The van der Waals surface area contributed by atoms with E-state index in [0.29, 0.717) is 29.0 Å². The maximum atomic E-state index is 13.2. The summed E-state index contributed by atoms with van der Waals surface area (Å²) in [4.78, 5) is 26.1. The highest BCUT2D eigenvalue weighted by molar-refractivity contribution is 7.17. The second-order valence-electron chi connectivity index (χ2n) is 9.16. The van der Waals surface area contributed by atoms with Crippen molar-refractivity contribution in [3.63, 3.8) is 0 Å². The Bertz CT molecular complexity index is 1120. The Morgan fingerprint density at radius 3 is 2.00 bits per heavy atom. The molecule has 0 aliphatic carbocycles. The number of esters is 1. The highest BCUT2D eigenvalue weighted by atomic mass is 32.1. The highest BCUT2D eigenvalue weighted by Crippen LogP contribution is 2.45. The van der Waals surface area contributed by atoms with Crippen LogP contribution in [0.3, 0.4) is 0 Å². The van der Waals surface area contributed by atoms with Crippen molar-refractivity contribution >= 4 is 28.2 Å². The molecule has 1 amide bonds. The number of anilines is 1. The lowest BCUT2D eigenvalue weighted by Crippen LogP contribution is -2.55. The summed E-state index contributed by atoms with van der Waals surface area (Å²) in [5, 5.41) is 5.74. The molecule has 0 bridgehead atoms. The molecule has 0 spiro atoms. The number of fused-ring (bicyclic) bond motifs is 1. The molecule has 0 saturated heterocycles. The first-order valence-corrected chi connectivity index (χ1v) is 10.8. The summed E-state index contributed by atoms with van der Waals surface area (Å²) in [5.41, 5.74) is -4.52. The van der Waals surface area contributed by atoms with E-state index in [1.54, 1.807) is 0 Å². The van der Waals surface area contributed by atoms with Crippen molar-refractivity contribution in [2.75, 3.05) is 12.4 Å². The number of nitrogens with one attached hydrogen (secondary N) is 2. The normalized spacial score (nSPS) is 17.1. The van der Waals surface area contributed by atoms with Gasteiger partial charge in [0.25, 0.3) is 5.91 Å². The van der Waals surface area contributed by atoms with E-state index < -0.39 is 52.0 Å². The van der Waals surface area contributed by atoms with Crippen molar-refractivity contribution < 1.29 is 40.7 Å². The van der Waals surface area contributed by atoms with Gasteiger partial charge < -0.3 is 15.4 Å². The molecule has 3 rings (SSSR count). The van der Waals surface area contributed by atoms with Gasteiger partial charge in [0.15, 0.2) is 0 Å². The number of thiophene rings is 1. The molecular weight excluding hydrogens is 486 g/mol. The summed E-state index contributed by atoms with van der Waals surface area (Å²) in [7, 11) is 1.14. The van der Waals surface area contributed by atoms with Crippen LogP contribution < -0.4 is 10.6 Å². The Morgan fingerprint density at radius 2 is 1.53 bits per heavy atom. The van der Waals surface area contributed by atoms with Gasteiger partial charge in [-0.1, -0.05) is 0 Å². The zero-order valence-corrected chi connectivity index (χ0v) is 19.7. The van der Waals surface area contributed by atoms with Gasteiger partial charge in [0.2, 0.25) is 0 Å². The van der Waals surface area contributed by atoms with Crippen molar-refractivity contribution in [3.05, 3.63) is 50.9 Å². The van der Waals surface area contributed by atoms with Crippen LogP contribution in [0.4, 0.5) is 31.3 Å². The van der Waals surface area contributed by atoms with Crippen LogP contribution in [0.2, 0.25) is 0 Å². The van der Waals surface area contributed by atoms with Gasteiger partial charge in [0.1, 0.15) is 5.00 Å². The smallest absolute Gasteiger partial charge is 0.416 e. The summed E-state index contributed by atoms with van der Waals surface area (Å²) in [6.07, 6.45) is -9.82. The molecule has 12 heteroatoms. The second kappa shape index (κ2) is 8.26. The third kappa shape index (κ3) is 5.07. The van der Waals surface area contributed by atoms with Crippen molar-refractivity contribution in [1.82, 2.24) is 5.32 Å². The molecule has 186 valence electrons. The second-order valence-corrected chi connectivity index (χ2v) is 10.2. The molecule has 0 atom stereocenters. The Balaban J connectivity index is 2.11. The van der Waals surface area contributed by atoms with Crippen LogP contribution in [0.15, 0.2) is 18.2 Å². The van der Waals surface area contributed by atoms with Gasteiger partial charge >= 0.3 is 18.3 Å². The molecule has 2 N–H and O–H groups in total. The molecule has 0 unspecified atom stereocenters. The average molecular weight is 508 g/mol. The van der Waals surface area contributed by atoms with E-state index in [2.05, 4.69) is 10.6 Å². The first-order chi connectivity index (χ1) is 15.4. The van der Waals surface area contributed by atoms with Crippen LogP contribution in [0, 0.1) is 0 Å². The molecule has 1 aliphatic rings. The molecule has 1 aromatic heterocycles. The number of halogens is 6. The van der Waals surface area contributed by atoms with E-state index in [4.69, 9.17) is 4.74 Å². The molecule has 0 saturated carbocycles. The van der Waals surface area contributed by atoms with Crippen LogP contribution >= 0.6 is 11.3 Å². The highest BCUT2D eigenvalue weighted by Gasteiger charge is 2.42. The van der Waals surface area contributed by atoms with Crippen LogP contribution in [0.1, 0.15) is 70.0 Å². The number of carbonyl (C=O) groups excluding carboxylic acids is 2. The van der Waals surface area contributed by atoms with Gasteiger partial charge in [-0.15, -0.1) is 11.3 Å². The van der Waals surface area contributed by atoms with E-state index in [1.165, 1.54) is 0 Å². The van der Waals surface area contributed by atoms with Crippen molar-refractivity contribution in [2.24, 2.45) is 0 Å². The Kier molecular flexibility index (Phi) is 6.32. The molecule has 2 aromatic rings. The Hall–Kier alpha value is -2.60. The van der Waals surface area contributed by atoms with Crippen LogP contribution in [-0.2, 0) is 29.0 Å². The molecule has 1 aromatic carbocycles. The average Bonchev–Trinajstić information content (AvgIpc) is 3.02.